The van der Waals surface area contributed by atoms with Gasteiger partial charge in [0.15, 0.2) is 0 Å². The first-order valence-electron chi connectivity index (χ1n) is 5.76. The molecule has 84 valence electrons. The predicted molar refractivity (Wildman–Crippen MR) is 64.4 cm³/mol. The summed E-state index contributed by atoms with van der Waals surface area (Å²) in [7, 11) is 0. The fourth-order valence-corrected chi connectivity index (χ4v) is 2.50. The zero-order chi connectivity index (χ0) is 10.5. The minimum atomic E-state index is 0.855. The fraction of sp³-hybridized carbons (Fsp3) is 0.667. The summed E-state index contributed by atoms with van der Waals surface area (Å²) < 4.78 is 5.25. The zero-order valence-electron chi connectivity index (χ0n) is 9.29. The summed E-state index contributed by atoms with van der Waals surface area (Å²) in [4.78, 5) is 1.30. The third kappa shape index (κ3) is 3.92. The van der Waals surface area contributed by atoms with Crippen molar-refractivity contribution in [3.8, 4) is 0 Å². The topological polar surface area (TPSA) is 25.2 Å². The van der Waals surface area contributed by atoms with Gasteiger partial charge in [0.2, 0.25) is 0 Å². The second kappa shape index (κ2) is 5.61. The Kier molecular flexibility index (Phi) is 4.15. The summed E-state index contributed by atoms with van der Waals surface area (Å²) in [5.41, 5.74) is 0. The number of hydrogen-bond acceptors (Lipinski definition) is 3. The van der Waals surface area contributed by atoms with Crippen molar-refractivity contribution in [3.05, 3.63) is 18.1 Å². The van der Waals surface area contributed by atoms with Crippen molar-refractivity contribution in [2.24, 2.45) is 0 Å². The van der Waals surface area contributed by atoms with Gasteiger partial charge in [-0.25, -0.2) is 0 Å². The molecule has 0 bridgehead atoms. The second-order valence-electron chi connectivity index (χ2n) is 4.13. The first kappa shape index (κ1) is 11.1. The lowest BCUT2D eigenvalue weighted by atomic mass is 10.3. The molecule has 0 aliphatic heterocycles. The van der Waals surface area contributed by atoms with E-state index >= 15 is 0 Å². The average molecular weight is 225 g/mol. The van der Waals surface area contributed by atoms with E-state index in [1.807, 2.05) is 18.7 Å². The Bertz CT molecular complexity index is 294. The predicted octanol–water partition coefficient (Wildman–Crippen LogP) is 3.21. The molecule has 15 heavy (non-hydrogen) atoms. The van der Waals surface area contributed by atoms with Gasteiger partial charge >= 0.3 is 0 Å². The Balaban J connectivity index is 1.49. The van der Waals surface area contributed by atoms with Crippen molar-refractivity contribution in [1.29, 1.82) is 0 Å². The van der Waals surface area contributed by atoms with E-state index < -0.39 is 0 Å². The molecule has 1 heterocycles. The number of hydrogen-bond donors (Lipinski definition) is 1. The third-order valence-corrected chi connectivity index (χ3v) is 3.88. The van der Waals surface area contributed by atoms with Gasteiger partial charge < -0.3 is 9.73 Å². The standard InChI is InChI=1S/C12H19NOS/c1-10-12(6-8-14-10)15-9-3-2-7-13-11-4-5-11/h6,8,11,13H,2-5,7,9H2,1H3. The lowest BCUT2D eigenvalue weighted by Crippen LogP contribution is -2.17. The maximum atomic E-state index is 5.25. The van der Waals surface area contributed by atoms with Gasteiger partial charge in [-0.1, -0.05) is 0 Å². The van der Waals surface area contributed by atoms with Gasteiger partial charge in [0.1, 0.15) is 5.76 Å². The van der Waals surface area contributed by atoms with Crippen LogP contribution in [0.25, 0.3) is 0 Å². The molecule has 0 saturated heterocycles. The zero-order valence-corrected chi connectivity index (χ0v) is 10.1. The summed E-state index contributed by atoms with van der Waals surface area (Å²) >= 11 is 1.91. The number of rotatable bonds is 7. The number of furan rings is 1. The van der Waals surface area contributed by atoms with Gasteiger partial charge in [-0.3, -0.25) is 0 Å². The van der Waals surface area contributed by atoms with Crippen LogP contribution in [0.2, 0.25) is 0 Å². The molecule has 0 amide bonds. The molecule has 1 aliphatic rings. The summed E-state index contributed by atoms with van der Waals surface area (Å²) in [5, 5.41) is 3.53. The summed E-state index contributed by atoms with van der Waals surface area (Å²) in [5.74, 6) is 2.25. The molecule has 0 atom stereocenters. The summed E-state index contributed by atoms with van der Waals surface area (Å²) in [6, 6.07) is 2.91. The van der Waals surface area contributed by atoms with Crippen molar-refractivity contribution >= 4 is 11.8 Å². The van der Waals surface area contributed by atoms with Crippen LogP contribution in [0, 0.1) is 6.92 Å². The SMILES string of the molecule is Cc1occc1SCCCCNC1CC1. The highest BCUT2D eigenvalue weighted by Crippen LogP contribution is 2.24. The van der Waals surface area contributed by atoms with E-state index in [0.29, 0.717) is 0 Å². The van der Waals surface area contributed by atoms with Crippen LogP contribution in [-0.2, 0) is 0 Å². The lowest BCUT2D eigenvalue weighted by Gasteiger charge is -2.02. The highest BCUT2D eigenvalue weighted by molar-refractivity contribution is 7.99. The number of unbranched alkanes of at least 4 members (excludes halogenated alkanes) is 1. The molecule has 1 fully saturated rings. The van der Waals surface area contributed by atoms with Gasteiger partial charge in [0, 0.05) is 10.9 Å². The van der Waals surface area contributed by atoms with Crippen LogP contribution in [0.1, 0.15) is 31.4 Å². The van der Waals surface area contributed by atoms with Crippen molar-refractivity contribution in [1.82, 2.24) is 5.32 Å². The fourth-order valence-electron chi connectivity index (χ4n) is 1.53. The maximum absolute atomic E-state index is 5.25. The third-order valence-electron chi connectivity index (χ3n) is 2.65. The maximum Gasteiger partial charge on any atom is 0.114 e. The van der Waals surface area contributed by atoms with E-state index in [4.69, 9.17) is 4.42 Å². The Morgan fingerprint density at radius 3 is 3.00 bits per heavy atom. The van der Waals surface area contributed by atoms with Crippen LogP contribution in [0.3, 0.4) is 0 Å². The van der Waals surface area contributed by atoms with Crippen LogP contribution < -0.4 is 5.32 Å². The molecule has 0 aromatic carbocycles. The highest BCUT2D eigenvalue weighted by Gasteiger charge is 2.19. The molecular weight excluding hydrogens is 206 g/mol. The number of aryl methyl sites for hydroxylation is 1. The first-order valence-corrected chi connectivity index (χ1v) is 6.75. The monoisotopic (exact) mass is 225 g/mol. The van der Waals surface area contributed by atoms with Gasteiger partial charge in [-0.05, 0) is 51.0 Å². The quantitative estimate of drug-likeness (QED) is 0.570. The van der Waals surface area contributed by atoms with E-state index in [-0.39, 0.29) is 0 Å². The van der Waals surface area contributed by atoms with E-state index in [1.54, 1.807) is 6.26 Å². The lowest BCUT2D eigenvalue weighted by molar-refractivity contribution is 0.527. The largest absolute Gasteiger partial charge is 0.468 e. The molecular formula is C12H19NOS. The van der Waals surface area contributed by atoms with E-state index in [0.717, 1.165) is 11.8 Å². The van der Waals surface area contributed by atoms with E-state index in [9.17, 15) is 0 Å². The van der Waals surface area contributed by atoms with Crippen LogP contribution in [-0.4, -0.2) is 18.3 Å². The molecule has 0 unspecified atom stereocenters. The van der Waals surface area contributed by atoms with Crippen molar-refractivity contribution in [2.45, 2.75) is 43.5 Å². The Labute approximate surface area is 95.8 Å². The van der Waals surface area contributed by atoms with E-state index in [1.165, 1.54) is 42.9 Å². The molecule has 2 rings (SSSR count). The number of nitrogens with one attached hydrogen (secondary N) is 1. The van der Waals surface area contributed by atoms with Gasteiger partial charge in [-0.2, -0.15) is 0 Å². The molecule has 1 aromatic heterocycles. The second-order valence-corrected chi connectivity index (χ2v) is 5.26. The first-order chi connectivity index (χ1) is 7.36. The van der Waals surface area contributed by atoms with Crippen LogP contribution in [0.5, 0.6) is 0 Å². The smallest absolute Gasteiger partial charge is 0.114 e. The van der Waals surface area contributed by atoms with Crippen molar-refractivity contribution in [3.63, 3.8) is 0 Å². The highest BCUT2D eigenvalue weighted by atomic mass is 32.2. The summed E-state index contributed by atoms with van der Waals surface area (Å²) in [6.45, 7) is 3.21. The van der Waals surface area contributed by atoms with Crippen LogP contribution in [0.15, 0.2) is 21.6 Å². The molecule has 0 radical (unpaired) electrons. The molecule has 1 aromatic rings. The minimum absolute atomic E-state index is 0.855. The summed E-state index contributed by atoms with van der Waals surface area (Å²) in [6.07, 6.45) is 7.13. The van der Waals surface area contributed by atoms with Crippen molar-refractivity contribution < 1.29 is 4.42 Å². The molecule has 0 spiro atoms. The van der Waals surface area contributed by atoms with Gasteiger partial charge in [0.25, 0.3) is 0 Å². The normalized spacial score (nSPS) is 15.8. The van der Waals surface area contributed by atoms with Crippen molar-refractivity contribution in [2.75, 3.05) is 12.3 Å². The minimum Gasteiger partial charge on any atom is -0.468 e. The van der Waals surface area contributed by atoms with E-state index in [2.05, 4.69) is 11.4 Å². The van der Waals surface area contributed by atoms with Gasteiger partial charge in [-0.15, -0.1) is 11.8 Å². The molecule has 1 saturated carbocycles. The Morgan fingerprint density at radius 1 is 1.47 bits per heavy atom. The van der Waals surface area contributed by atoms with Crippen LogP contribution >= 0.6 is 11.8 Å². The number of thioether (sulfide) groups is 1. The van der Waals surface area contributed by atoms with Gasteiger partial charge in [0.05, 0.1) is 6.26 Å². The molecule has 3 heteroatoms. The average Bonchev–Trinajstić information content (AvgIpc) is 2.96. The Morgan fingerprint density at radius 2 is 2.33 bits per heavy atom. The van der Waals surface area contributed by atoms with Crippen LogP contribution in [0.4, 0.5) is 0 Å². The molecule has 1 aliphatic carbocycles. The Hall–Kier alpha value is -0.410. The molecule has 2 nitrogen and oxygen atoms in total. The molecule has 1 N–H and O–H groups in total.